The highest BCUT2D eigenvalue weighted by atomic mass is 32.1. The van der Waals surface area contributed by atoms with Crippen LogP contribution in [0.2, 0.25) is 0 Å². The number of rotatable bonds is 3. The van der Waals surface area contributed by atoms with Crippen LogP contribution >= 0.6 is 11.3 Å². The zero-order valence-corrected chi connectivity index (χ0v) is 7.94. The molecule has 3 nitrogen and oxygen atoms in total. The van der Waals surface area contributed by atoms with Crippen LogP contribution < -0.4 is 5.73 Å². The fourth-order valence-corrected chi connectivity index (χ4v) is 1.62. The predicted molar refractivity (Wildman–Crippen MR) is 48.3 cm³/mol. The zero-order chi connectivity index (χ0) is 9.90. The van der Waals surface area contributed by atoms with Crippen LogP contribution in [0.3, 0.4) is 0 Å². The van der Waals surface area contributed by atoms with Gasteiger partial charge in [-0.05, 0) is 18.4 Å². The third kappa shape index (κ3) is 2.69. The average molecular weight is 203 g/mol. The molecule has 1 amide bonds. The first-order valence-electron chi connectivity index (χ1n) is 3.67. The molecule has 1 rings (SSSR count). The van der Waals surface area contributed by atoms with Crippen molar-refractivity contribution in [2.75, 3.05) is 6.61 Å². The molecular weight excluding hydrogens is 193 g/mol. The van der Waals surface area contributed by atoms with Gasteiger partial charge < -0.3 is 10.5 Å². The number of primary amides is 1. The van der Waals surface area contributed by atoms with Gasteiger partial charge in [0.1, 0.15) is 6.61 Å². The van der Waals surface area contributed by atoms with Crippen molar-refractivity contribution in [2.45, 2.75) is 12.6 Å². The molecule has 1 atom stereocenters. The van der Waals surface area contributed by atoms with Crippen LogP contribution in [0.15, 0.2) is 17.5 Å². The lowest BCUT2D eigenvalue weighted by atomic mass is 10.1. The van der Waals surface area contributed by atoms with Gasteiger partial charge in [-0.3, -0.25) is 0 Å². The van der Waals surface area contributed by atoms with Crippen molar-refractivity contribution >= 4 is 17.4 Å². The van der Waals surface area contributed by atoms with E-state index in [0.717, 1.165) is 0 Å². The predicted octanol–water partition coefficient (Wildman–Crippen LogP) is 2.03. The molecular formula is C8H10FNO2S. The Kier molecular flexibility index (Phi) is 2.87. The Hall–Kier alpha value is -1.10. The number of alkyl halides is 1. The molecule has 0 spiro atoms. The highest BCUT2D eigenvalue weighted by molar-refractivity contribution is 7.10. The van der Waals surface area contributed by atoms with Crippen LogP contribution in [0, 0.1) is 0 Å². The normalized spacial score (nSPS) is 14.9. The lowest BCUT2D eigenvalue weighted by Gasteiger charge is -2.17. The third-order valence-corrected chi connectivity index (χ3v) is 2.63. The number of amides is 1. The smallest absolute Gasteiger partial charge is 0.404 e. The number of thiophene rings is 1. The van der Waals surface area contributed by atoms with E-state index in [1.807, 2.05) is 0 Å². The van der Waals surface area contributed by atoms with Gasteiger partial charge in [0, 0.05) is 4.88 Å². The van der Waals surface area contributed by atoms with Crippen molar-refractivity contribution in [1.82, 2.24) is 0 Å². The zero-order valence-electron chi connectivity index (χ0n) is 7.12. The number of hydrogen-bond donors (Lipinski definition) is 1. The Morgan fingerprint density at radius 3 is 3.00 bits per heavy atom. The molecule has 0 aliphatic rings. The minimum atomic E-state index is -1.65. The Morgan fingerprint density at radius 2 is 2.54 bits per heavy atom. The largest absolute Gasteiger partial charge is 0.446 e. The first kappa shape index (κ1) is 9.98. The molecule has 72 valence electrons. The van der Waals surface area contributed by atoms with Gasteiger partial charge in [0.05, 0.1) is 0 Å². The van der Waals surface area contributed by atoms with Gasteiger partial charge >= 0.3 is 6.09 Å². The lowest BCUT2D eigenvalue weighted by Crippen LogP contribution is -2.26. The molecule has 2 N–H and O–H groups in total. The number of carbonyl (C=O) groups excluding carboxylic acids is 1. The van der Waals surface area contributed by atoms with Crippen LogP contribution in [0.25, 0.3) is 0 Å². The standard InChI is InChI=1S/C8H10FNO2S/c1-8(9,5-12-7(10)11)6-3-2-4-13-6/h2-4H,5H2,1H3,(H2,10,11). The molecule has 1 unspecified atom stereocenters. The molecule has 5 heteroatoms. The van der Waals surface area contributed by atoms with E-state index in [1.54, 1.807) is 17.5 Å². The van der Waals surface area contributed by atoms with Crippen LogP contribution in [0.5, 0.6) is 0 Å². The maximum absolute atomic E-state index is 13.7. The monoisotopic (exact) mass is 203 g/mol. The molecule has 1 heterocycles. The van der Waals surface area contributed by atoms with E-state index < -0.39 is 11.8 Å². The molecule has 0 saturated carbocycles. The molecule has 0 radical (unpaired) electrons. The van der Waals surface area contributed by atoms with Crippen molar-refractivity contribution in [1.29, 1.82) is 0 Å². The van der Waals surface area contributed by atoms with Gasteiger partial charge in [-0.15, -0.1) is 11.3 Å². The summed E-state index contributed by atoms with van der Waals surface area (Å²) in [6.07, 6.45) is -0.958. The molecule has 13 heavy (non-hydrogen) atoms. The maximum Gasteiger partial charge on any atom is 0.404 e. The molecule has 0 fully saturated rings. The summed E-state index contributed by atoms with van der Waals surface area (Å²) in [5, 5.41) is 1.76. The first-order chi connectivity index (χ1) is 6.02. The number of nitrogens with two attached hydrogens (primary N) is 1. The maximum atomic E-state index is 13.7. The summed E-state index contributed by atoms with van der Waals surface area (Å²) in [5.74, 6) is 0. The summed E-state index contributed by atoms with van der Waals surface area (Å²) in [4.78, 5) is 10.8. The second kappa shape index (κ2) is 3.74. The van der Waals surface area contributed by atoms with Crippen molar-refractivity contribution < 1.29 is 13.9 Å². The molecule has 0 aliphatic carbocycles. The second-order valence-corrected chi connectivity index (χ2v) is 3.73. The van der Waals surface area contributed by atoms with E-state index in [1.165, 1.54) is 18.3 Å². The summed E-state index contributed by atoms with van der Waals surface area (Å²) >= 11 is 1.27. The summed E-state index contributed by atoms with van der Waals surface area (Å²) in [5.41, 5.74) is 3.08. The van der Waals surface area contributed by atoms with E-state index in [9.17, 15) is 9.18 Å². The summed E-state index contributed by atoms with van der Waals surface area (Å²) in [6.45, 7) is 1.00. The van der Waals surface area contributed by atoms with Gasteiger partial charge in [-0.1, -0.05) is 6.07 Å². The summed E-state index contributed by atoms with van der Waals surface area (Å²) < 4.78 is 18.1. The van der Waals surface area contributed by atoms with Crippen LogP contribution in [0.1, 0.15) is 11.8 Å². The Labute approximate surface area is 79.3 Å². The topological polar surface area (TPSA) is 52.3 Å². The van der Waals surface area contributed by atoms with Gasteiger partial charge in [-0.2, -0.15) is 0 Å². The molecule has 0 aliphatic heterocycles. The van der Waals surface area contributed by atoms with E-state index in [-0.39, 0.29) is 6.61 Å². The molecule has 1 aromatic heterocycles. The van der Waals surface area contributed by atoms with Crippen LogP contribution in [-0.2, 0) is 10.4 Å². The third-order valence-electron chi connectivity index (χ3n) is 1.52. The van der Waals surface area contributed by atoms with Crippen molar-refractivity contribution in [2.24, 2.45) is 5.73 Å². The van der Waals surface area contributed by atoms with Crippen molar-refractivity contribution in [3.05, 3.63) is 22.4 Å². The van der Waals surface area contributed by atoms with Crippen molar-refractivity contribution in [3.8, 4) is 0 Å². The van der Waals surface area contributed by atoms with E-state index in [2.05, 4.69) is 4.74 Å². The second-order valence-electron chi connectivity index (χ2n) is 2.78. The molecule has 0 bridgehead atoms. The molecule has 0 saturated heterocycles. The van der Waals surface area contributed by atoms with Crippen LogP contribution in [0.4, 0.5) is 9.18 Å². The number of halogens is 1. The van der Waals surface area contributed by atoms with Gasteiger partial charge in [-0.25, -0.2) is 9.18 Å². The fraction of sp³-hybridized carbons (Fsp3) is 0.375. The Bertz CT molecular complexity index is 284. The number of hydrogen-bond acceptors (Lipinski definition) is 3. The first-order valence-corrected chi connectivity index (χ1v) is 4.55. The van der Waals surface area contributed by atoms with E-state index >= 15 is 0 Å². The summed E-state index contributed by atoms with van der Waals surface area (Å²) in [7, 11) is 0. The van der Waals surface area contributed by atoms with Gasteiger partial charge in [0.2, 0.25) is 0 Å². The van der Waals surface area contributed by atoms with E-state index in [4.69, 9.17) is 5.73 Å². The quantitative estimate of drug-likeness (QED) is 0.817. The molecule has 1 aromatic rings. The highest BCUT2D eigenvalue weighted by Crippen LogP contribution is 2.29. The van der Waals surface area contributed by atoms with Gasteiger partial charge in [0.15, 0.2) is 5.67 Å². The SMILES string of the molecule is CC(F)(COC(N)=O)c1cccs1. The fourth-order valence-electron chi connectivity index (χ4n) is 0.853. The van der Waals surface area contributed by atoms with E-state index in [0.29, 0.717) is 4.88 Å². The highest BCUT2D eigenvalue weighted by Gasteiger charge is 2.28. The Balaban J connectivity index is 2.61. The number of ether oxygens (including phenoxy) is 1. The number of carbonyl (C=O) groups is 1. The van der Waals surface area contributed by atoms with Gasteiger partial charge in [0.25, 0.3) is 0 Å². The minimum Gasteiger partial charge on any atom is -0.446 e. The minimum absolute atomic E-state index is 0.344. The Morgan fingerprint density at radius 1 is 1.85 bits per heavy atom. The van der Waals surface area contributed by atoms with Crippen LogP contribution in [-0.4, -0.2) is 12.7 Å². The van der Waals surface area contributed by atoms with Crippen molar-refractivity contribution in [3.63, 3.8) is 0 Å². The summed E-state index contributed by atoms with van der Waals surface area (Å²) in [6, 6.07) is 3.39. The average Bonchev–Trinajstić information content (AvgIpc) is 2.53. The molecule has 0 aromatic carbocycles. The lowest BCUT2D eigenvalue weighted by molar-refractivity contribution is 0.0659.